The van der Waals surface area contributed by atoms with Crippen molar-refractivity contribution in [3.63, 3.8) is 0 Å². The minimum absolute atomic E-state index is 0. The minimum atomic E-state index is 0. The van der Waals surface area contributed by atoms with Crippen molar-refractivity contribution < 1.29 is 32.7 Å². The predicted molar refractivity (Wildman–Crippen MR) is 53.2 cm³/mol. The zero-order valence-corrected chi connectivity index (χ0v) is 11.9. The van der Waals surface area contributed by atoms with Crippen LogP contribution in [-0.2, 0) is 39.1 Å². The topological polar surface area (TPSA) is 0 Å². The first kappa shape index (κ1) is 13.3. The van der Waals surface area contributed by atoms with Crippen LogP contribution in [0.5, 0.6) is 0 Å². The van der Waals surface area contributed by atoms with E-state index in [1.807, 2.05) is 6.07 Å². The molecule has 1 radical (unpaired) electrons. The Morgan fingerprint density at radius 1 is 1.31 bits per heavy atom. The smallest absolute Gasteiger partial charge is 0 e. The van der Waals surface area contributed by atoms with Crippen molar-refractivity contribution in [2.75, 3.05) is 0 Å². The first-order chi connectivity index (χ1) is 5.47. The first-order valence-electron chi connectivity index (χ1n) is 4.45. The van der Waals surface area contributed by atoms with E-state index in [0.717, 1.165) is 6.42 Å². The quantitative estimate of drug-likeness (QED) is 0.670. The number of rotatable bonds is 1. The standard InChI is InChI=1S/C12H17.Y/c1-10-6-5-7-11(8-10)9-12(2,3)4;/h5,7-8H,9H2,1-4H3;/q-1;. The molecule has 0 aliphatic carbocycles. The van der Waals surface area contributed by atoms with Crippen molar-refractivity contribution in [3.8, 4) is 0 Å². The number of hydrogen-bond acceptors (Lipinski definition) is 0. The molecule has 0 aliphatic rings. The monoisotopic (exact) mass is 250 g/mol. The molecular weight excluding hydrogens is 233 g/mol. The van der Waals surface area contributed by atoms with Crippen molar-refractivity contribution in [1.82, 2.24) is 0 Å². The maximum absolute atomic E-state index is 3.16. The third-order valence-corrected chi connectivity index (χ3v) is 1.74. The van der Waals surface area contributed by atoms with E-state index in [1.165, 1.54) is 11.1 Å². The summed E-state index contributed by atoms with van der Waals surface area (Å²) >= 11 is 0. The van der Waals surface area contributed by atoms with Crippen LogP contribution >= 0.6 is 0 Å². The Bertz CT molecular complexity index is 258. The Hall–Kier alpha value is 0.324. The second-order valence-electron chi connectivity index (χ2n) is 4.62. The summed E-state index contributed by atoms with van der Waals surface area (Å²) in [4.78, 5) is 0. The van der Waals surface area contributed by atoms with E-state index >= 15 is 0 Å². The van der Waals surface area contributed by atoms with E-state index in [-0.39, 0.29) is 32.7 Å². The van der Waals surface area contributed by atoms with Crippen molar-refractivity contribution in [2.24, 2.45) is 5.41 Å². The fourth-order valence-corrected chi connectivity index (χ4v) is 1.37. The van der Waals surface area contributed by atoms with Gasteiger partial charge < -0.3 is 0 Å². The molecule has 0 bridgehead atoms. The molecule has 0 aromatic heterocycles. The molecule has 1 heteroatoms. The van der Waals surface area contributed by atoms with Gasteiger partial charge >= 0.3 is 0 Å². The van der Waals surface area contributed by atoms with Crippen LogP contribution in [0.1, 0.15) is 31.9 Å². The fourth-order valence-electron chi connectivity index (χ4n) is 1.37. The van der Waals surface area contributed by atoms with Gasteiger partial charge in [-0.1, -0.05) is 27.7 Å². The van der Waals surface area contributed by atoms with E-state index in [9.17, 15) is 0 Å². The summed E-state index contributed by atoms with van der Waals surface area (Å²) in [6, 6.07) is 9.53. The average molecular weight is 250 g/mol. The Balaban J connectivity index is 0.00000144. The molecule has 0 fully saturated rings. The van der Waals surface area contributed by atoms with Crippen LogP contribution in [0.2, 0.25) is 0 Å². The molecule has 1 rings (SSSR count). The molecular formula is C12H17Y-. The van der Waals surface area contributed by atoms with Crippen LogP contribution < -0.4 is 0 Å². The van der Waals surface area contributed by atoms with Crippen LogP contribution in [0.3, 0.4) is 0 Å². The summed E-state index contributed by atoms with van der Waals surface area (Å²) in [5.41, 5.74) is 3.03. The maximum Gasteiger partial charge on any atom is 0 e. The summed E-state index contributed by atoms with van der Waals surface area (Å²) in [5, 5.41) is 0. The molecule has 0 atom stereocenters. The van der Waals surface area contributed by atoms with Crippen LogP contribution in [0, 0.1) is 18.4 Å². The molecule has 0 N–H and O–H groups in total. The molecule has 0 heterocycles. The molecule has 0 nitrogen and oxygen atoms in total. The minimum Gasteiger partial charge on any atom is -0.181 e. The van der Waals surface area contributed by atoms with Gasteiger partial charge in [0.1, 0.15) is 0 Å². The van der Waals surface area contributed by atoms with Crippen molar-refractivity contribution >= 4 is 0 Å². The van der Waals surface area contributed by atoms with Gasteiger partial charge in [0.05, 0.1) is 0 Å². The van der Waals surface area contributed by atoms with E-state index in [2.05, 4.69) is 45.9 Å². The largest absolute Gasteiger partial charge is 0.181 e. The van der Waals surface area contributed by atoms with Crippen LogP contribution in [0.15, 0.2) is 18.2 Å². The summed E-state index contributed by atoms with van der Waals surface area (Å²) in [6.45, 7) is 8.88. The van der Waals surface area contributed by atoms with E-state index in [0.29, 0.717) is 5.41 Å². The van der Waals surface area contributed by atoms with Gasteiger partial charge in [0.2, 0.25) is 0 Å². The Kier molecular flexibility index (Phi) is 5.40. The van der Waals surface area contributed by atoms with Crippen LogP contribution in [0.4, 0.5) is 0 Å². The van der Waals surface area contributed by atoms with E-state index < -0.39 is 0 Å². The molecule has 0 saturated carbocycles. The van der Waals surface area contributed by atoms with E-state index in [4.69, 9.17) is 0 Å². The third kappa shape index (κ3) is 5.59. The zero-order valence-electron chi connectivity index (χ0n) is 9.02. The van der Waals surface area contributed by atoms with Gasteiger partial charge in [0.25, 0.3) is 0 Å². The maximum atomic E-state index is 3.16. The molecule has 0 saturated heterocycles. The summed E-state index contributed by atoms with van der Waals surface area (Å²) in [7, 11) is 0. The second kappa shape index (κ2) is 5.27. The Morgan fingerprint density at radius 3 is 2.38 bits per heavy atom. The van der Waals surface area contributed by atoms with Gasteiger partial charge in [-0.25, -0.2) is 0 Å². The molecule has 13 heavy (non-hydrogen) atoms. The predicted octanol–water partition coefficient (Wildman–Crippen LogP) is 3.38. The van der Waals surface area contributed by atoms with Crippen molar-refractivity contribution in [3.05, 3.63) is 35.4 Å². The van der Waals surface area contributed by atoms with Crippen molar-refractivity contribution in [1.29, 1.82) is 0 Å². The molecule has 1 aromatic carbocycles. The summed E-state index contributed by atoms with van der Waals surface area (Å²) in [6.07, 6.45) is 1.14. The van der Waals surface area contributed by atoms with Crippen LogP contribution in [0.25, 0.3) is 0 Å². The van der Waals surface area contributed by atoms with Gasteiger partial charge in [0.15, 0.2) is 0 Å². The molecule has 69 valence electrons. The van der Waals surface area contributed by atoms with Gasteiger partial charge in [0, 0.05) is 32.7 Å². The van der Waals surface area contributed by atoms with E-state index in [1.54, 1.807) is 0 Å². The number of hydrogen-bond donors (Lipinski definition) is 0. The molecule has 0 aliphatic heterocycles. The first-order valence-corrected chi connectivity index (χ1v) is 4.45. The van der Waals surface area contributed by atoms with Gasteiger partial charge in [-0.2, -0.15) is 35.4 Å². The summed E-state index contributed by atoms with van der Waals surface area (Å²) < 4.78 is 0. The molecule has 0 spiro atoms. The van der Waals surface area contributed by atoms with Gasteiger partial charge in [-0.05, 0) is 11.8 Å². The number of aryl methyl sites for hydroxylation is 1. The average Bonchev–Trinajstić information content (AvgIpc) is 1.82. The second-order valence-corrected chi connectivity index (χ2v) is 4.62. The third-order valence-electron chi connectivity index (χ3n) is 1.74. The molecule has 0 unspecified atom stereocenters. The number of benzene rings is 1. The molecule has 0 amide bonds. The SMILES string of the molecule is Cc1[c-]ccc(CC(C)(C)C)c1.[Y]. The molecule has 1 aromatic rings. The zero-order chi connectivity index (χ0) is 9.19. The fraction of sp³-hybridized carbons (Fsp3) is 0.500. The van der Waals surface area contributed by atoms with Gasteiger partial charge in [-0.3, -0.25) is 0 Å². The normalized spacial score (nSPS) is 10.8. The van der Waals surface area contributed by atoms with Crippen LogP contribution in [-0.4, -0.2) is 0 Å². The summed E-state index contributed by atoms with van der Waals surface area (Å²) in [5.74, 6) is 0. The van der Waals surface area contributed by atoms with Gasteiger partial charge in [-0.15, -0.1) is 0 Å². The van der Waals surface area contributed by atoms with Crippen molar-refractivity contribution in [2.45, 2.75) is 34.1 Å². The Labute approximate surface area is 107 Å². The Morgan fingerprint density at radius 2 is 1.92 bits per heavy atom.